The van der Waals surface area contributed by atoms with Gasteiger partial charge in [0, 0.05) is 17.4 Å². The van der Waals surface area contributed by atoms with E-state index >= 15 is 0 Å². The molecule has 10 heteroatoms. The Balaban J connectivity index is 1.66. The predicted octanol–water partition coefficient (Wildman–Crippen LogP) is 6.73. The highest BCUT2D eigenvalue weighted by Gasteiger charge is 2.31. The fraction of sp³-hybridized carbons (Fsp3) is 0.320. The number of hydrogen-bond acceptors (Lipinski definition) is 7. The molecular formula is C25H25Br2NO5S2. The van der Waals surface area contributed by atoms with Gasteiger partial charge in [-0.1, -0.05) is 58.5 Å². The number of methoxy groups -OCH3 is 2. The Bertz CT molecular complexity index is 1140. The van der Waals surface area contributed by atoms with Gasteiger partial charge >= 0.3 is 5.97 Å². The summed E-state index contributed by atoms with van der Waals surface area (Å²) in [4.78, 5) is 26.3. The van der Waals surface area contributed by atoms with Gasteiger partial charge in [-0.15, -0.1) is 0 Å². The molecule has 3 rings (SSSR count). The fourth-order valence-electron chi connectivity index (χ4n) is 3.41. The van der Waals surface area contributed by atoms with Crippen LogP contribution < -0.4 is 9.47 Å². The van der Waals surface area contributed by atoms with E-state index in [9.17, 15) is 9.59 Å². The quantitative estimate of drug-likeness (QED) is 0.116. The molecule has 1 aliphatic rings. The van der Waals surface area contributed by atoms with E-state index in [1.54, 1.807) is 12.0 Å². The number of rotatable bonds is 11. The minimum atomic E-state index is -0.218. The number of amides is 1. The van der Waals surface area contributed by atoms with E-state index in [0.717, 1.165) is 39.3 Å². The number of ether oxygens (including phenoxy) is 3. The van der Waals surface area contributed by atoms with Crippen LogP contribution in [0.5, 0.6) is 11.5 Å². The number of esters is 1. The van der Waals surface area contributed by atoms with E-state index in [0.29, 0.717) is 40.3 Å². The first-order valence-corrected chi connectivity index (χ1v) is 13.7. The summed E-state index contributed by atoms with van der Waals surface area (Å²) in [6, 6.07) is 11.6. The van der Waals surface area contributed by atoms with Crippen molar-refractivity contribution in [1.82, 2.24) is 4.90 Å². The van der Waals surface area contributed by atoms with Crippen molar-refractivity contribution in [2.75, 3.05) is 20.8 Å². The molecule has 0 radical (unpaired) electrons. The van der Waals surface area contributed by atoms with Crippen LogP contribution in [0.1, 0.15) is 36.8 Å². The molecule has 0 spiro atoms. The minimum Gasteiger partial charge on any atom is -0.493 e. The molecule has 1 amide bonds. The lowest BCUT2D eigenvalue weighted by molar-refractivity contribution is -0.140. The van der Waals surface area contributed by atoms with Crippen LogP contribution in [0.15, 0.2) is 50.2 Å². The smallest absolute Gasteiger partial charge is 0.305 e. The number of hydrogen-bond donors (Lipinski definition) is 0. The Morgan fingerprint density at radius 1 is 1.14 bits per heavy atom. The monoisotopic (exact) mass is 641 g/mol. The normalized spacial score (nSPS) is 14.5. The summed E-state index contributed by atoms with van der Waals surface area (Å²) in [5, 5.41) is 0. The molecule has 0 N–H and O–H groups in total. The molecule has 0 aliphatic carbocycles. The van der Waals surface area contributed by atoms with Crippen molar-refractivity contribution in [2.24, 2.45) is 0 Å². The van der Waals surface area contributed by atoms with Crippen molar-refractivity contribution in [1.29, 1.82) is 0 Å². The summed E-state index contributed by atoms with van der Waals surface area (Å²) in [6.45, 7) is 0.907. The molecule has 186 valence electrons. The Labute approximate surface area is 231 Å². The number of carbonyl (C=O) groups is 2. The van der Waals surface area contributed by atoms with Crippen LogP contribution in [0.25, 0.3) is 6.08 Å². The zero-order valence-corrected chi connectivity index (χ0v) is 24.1. The largest absolute Gasteiger partial charge is 0.493 e. The highest BCUT2D eigenvalue weighted by atomic mass is 79.9. The maximum absolute atomic E-state index is 12.9. The molecule has 0 saturated carbocycles. The van der Waals surface area contributed by atoms with Crippen LogP contribution in [0.4, 0.5) is 0 Å². The number of thiocarbonyl (C=S) groups is 1. The molecule has 35 heavy (non-hydrogen) atoms. The molecule has 0 atom stereocenters. The molecule has 2 aromatic carbocycles. The molecular weight excluding hydrogens is 618 g/mol. The van der Waals surface area contributed by atoms with E-state index in [4.69, 9.17) is 21.7 Å². The van der Waals surface area contributed by atoms with E-state index in [2.05, 4.69) is 36.6 Å². The van der Waals surface area contributed by atoms with Crippen LogP contribution >= 0.6 is 55.8 Å². The average molecular weight is 643 g/mol. The van der Waals surface area contributed by atoms with Gasteiger partial charge in [-0.25, -0.2) is 0 Å². The molecule has 0 unspecified atom stereocenters. The summed E-state index contributed by atoms with van der Waals surface area (Å²) in [6.07, 6.45) is 4.49. The second kappa shape index (κ2) is 13.4. The Hall–Kier alpha value is -1.88. The van der Waals surface area contributed by atoms with Gasteiger partial charge in [-0.2, -0.15) is 0 Å². The van der Waals surface area contributed by atoms with Crippen molar-refractivity contribution >= 4 is 78.1 Å². The summed E-state index contributed by atoms with van der Waals surface area (Å²) in [7, 11) is 2.96. The lowest BCUT2D eigenvalue weighted by Crippen LogP contribution is -2.29. The molecule has 1 fully saturated rings. The van der Waals surface area contributed by atoms with E-state index in [1.807, 2.05) is 42.5 Å². The third kappa shape index (κ3) is 7.80. The zero-order valence-electron chi connectivity index (χ0n) is 19.3. The molecule has 0 aromatic heterocycles. The van der Waals surface area contributed by atoms with Gasteiger partial charge < -0.3 is 14.2 Å². The molecule has 1 saturated heterocycles. The lowest BCUT2D eigenvalue weighted by atomic mass is 10.1. The summed E-state index contributed by atoms with van der Waals surface area (Å²) in [5.41, 5.74) is 1.81. The van der Waals surface area contributed by atoms with E-state index in [-0.39, 0.29) is 11.9 Å². The Morgan fingerprint density at radius 3 is 2.66 bits per heavy atom. The van der Waals surface area contributed by atoms with Gasteiger partial charge in [0.05, 0.1) is 23.6 Å². The molecule has 2 aromatic rings. The van der Waals surface area contributed by atoms with Gasteiger partial charge in [-0.05, 0) is 70.2 Å². The predicted molar refractivity (Wildman–Crippen MR) is 150 cm³/mol. The second-order valence-corrected chi connectivity index (χ2v) is 11.1. The maximum Gasteiger partial charge on any atom is 0.305 e. The summed E-state index contributed by atoms with van der Waals surface area (Å²) < 4.78 is 18.5. The standard InChI is InChI=1S/C25H25Br2NO5S2/c1-31-20-13-17(12-19(27)23(20)33-15-16-7-6-8-18(26)11-16)14-21-24(30)28(25(34)35-21)10-5-3-4-9-22(29)32-2/h6-8,11-14H,3-5,9-10,15H2,1-2H3/b21-14+. The number of nitrogens with zero attached hydrogens (tertiary/aromatic N) is 1. The first kappa shape index (κ1) is 27.7. The van der Waals surface area contributed by atoms with Gasteiger partial charge in [0.15, 0.2) is 11.5 Å². The minimum absolute atomic E-state index is 0.113. The van der Waals surface area contributed by atoms with Gasteiger partial charge in [-0.3, -0.25) is 14.5 Å². The molecule has 1 aliphatic heterocycles. The van der Waals surface area contributed by atoms with Crippen molar-refractivity contribution in [3.05, 3.63) is 61.4 Å². The van der Waals surface area contributed by atoms with Crippen LogP contribution in [0.2, 0.25) is 0 Å². The van der Waals surface area contributed by atoms with Crippen LogP contribution in [0, 0.1) is 0 Å². The number of unbranched alkanes of at least 4 members (excludes halogenated alkanes) is 2. The summed E-state index contributed by atoms with van der Waals surface area (Å²) in [5.74, 6) is 0.813. The van der Waals surface area contributed by atoms with Crippen LogP contribution in [-0.4, -0.2) is 41.9 Å². The molecule has 0 bridgehead atoms. The van der Waals surface area contributed by atoms with Crippen molar-refractivity contribution in [3.63, 3.8) is 0 Å². The van der Waals surface area contributed by atoms with Crippen molar-refractivity contribution in [3.8, 4) is 11.5 Å². The third-order valence-electron chi connectivity index (χ3n) is 5.19. The van der Waals surface area contributed by atoms with Gasteiger partial charge in [0.2, 0.25) is 0 Å². The number of carbonyl (C=O) groups excluding carboxylic acids is 2. The highest BCUT2D eigenvalue weighted by Crippen LogP contribution is 2.39. The molecule has 1 heterocycles. The second-order valence-electron chi connectivity index (χ2n) is 7.67. The number of benzene rings is 2. The van der Waals surface area contributed by atoms with Gasteiger partial charge in [0.25, 0.3) is 5.91 Å². The first-order chi connectivity index (χ1) is 16.8. The lowest BCUT2D eigenvalue weighted by Gasteiger charge is -2.14. The van der Waals surface area contributed by atoms with Crippen LogP contribution in [-0.2, 0) is 20.9 Å². The Morgan fingerprint density at radius 2 is 1.94 bits per heavy atom. The Kier molecular flexibility index (Phi) is 10.6. The van der Waals surface area contributed by atoms with Crippen LogP contribution in [0.3, 0.4) is 0 Å². The molecule has 6 nitrogen and oxygen atoms in total. The number of thioether (sulfide) groups is 1. The third-order valence-corrected chi connectivity index (χ3v) is 7.65. The number of halogens is 2. The van der Waals surface area contributed by atoms with Crippen molar-refractivity contribution in [2.45, 2.75) is 32.3 Å². The average Bonchev–Trinajstić information content (AvgIpc) is 3.09. The highest BCUT2D eigenvalue weighted by molar-refractivity contribution is 9.10. The summed E-state index contributed by atoms with van der Waals surface area (Å²) >= 11 is 13.8. The first-order valence-electron chi connectivity index (χ1n) is 10.9. The van der Waals surface area contributed by atoms with E-state index < -0.39 is 0 Å². The topological polar surface area (TPSA) is 65.1 Å². The van der Waals surface area contributed by atoms with Crippen molar-refractivity contribution < 1.29 is 23.8 Å². The maximum atomic E-state index is 12.9. The SMILES string of the molecule is COC(=O)CCCCCN1C(=O)/C(=C\c2cc(Br)c(OCc3cccc(Br)c3)c(OC)c2)SC1=S. The van der Waals surface area contributed by atoms with E-state index in [1.165, 1.54) is 18.9 Å². The fourth-order valence-corrected chi connectivity index (χ4v) is 5.74. The zero-order chi connectivity index (χ0) is 25.4. The van der Waals surface area contributed by atoms with Gasteiger partial charge in [0.1, 0.15) is 10.9 Å².